The van der Waals surface area contributed by atoms with Gasteiger partial charge in [0.25, 0.3) is 17.3 Å². The first-order chi connectivity index (χ1) is 17.2. The number of hydrogen-bond acceptors (Lipinski definition) is 6. The van der Waals surface area contributed by atoms with Gasteiger partial charge in [0, 0.05) is 21.7 Å². The molecule has 12 heteroatoms. The summed E-state index contributed by atoms with van der Waals surface area (Å²) in [6.07, 6.45) is 0. The van der Waals surface area contributed by atoms with Crippen LogP contribution in [0.2, 0.25) is 10.0 Å². The van der Waals surface area contributed by atoms with Crippen molar-refractivity contribution in [1.29, 1.82) is 0 Å². The van der Waals surface area contributed by atoms with Gasteiger partial charge in [-0.25, -0.2) is 4.99 Å². The number of halogens is 2. The molecule has 0 fully saturated rings. The first kappa shape index (κ1) is 23.2. The Morgan fingerprint density at radius 1 is 0.806 bits per heavy atom. The Labute approximate surface area is 212 Å². The highest BCUT2D eigenvalue weighted by atomic mass is 35.5. The molecule has 178 valence electrons. The van der Waals surface area contributed by atoms with Crippen LogP contribution in [0.25, 0.3) is 16.9 Å². The molecule has 1 aliphatic rings. The van der Waals surface area contributed by atoms with Crippen LogP contribution < -0.4 is 0 Å². The summed E-state index contributed by atoms with van der Waals surface area (Å²) in [7, 11) is 0. The van der Waals surface area contributed by atoms with Gasteiger partial charge in [-0.05, 0) is 35.9 Å². The van der Waals surface area contributed by atoms with Crippen molar-refractivity contribution >= 4 is 46.2 Å². The molecule has 2 heterocycles. The number of carbonyl (C=O) groups is 1. The lowest BCUT2D eigenvalue weighted by Crippen LogP contribution is -2.05. The quantitative estimate of drug-likeness (QED) is 0.253. The average molecular weight is 523 g/mol. The largest absolute Gasteiger partial charge is 0.494 e. The van der Waals surface area contributed by atoms with Crippen molar-refractivity contribution in [3.63, 3.8) is 0 Å². The van der Waals surface area contributed by atoms with E-state index in [0.29, 0.717) is 21.2 Å². The molecule has 5 rings (SSSR count). The minimum Gasteiger partial charge on any atom is -0.494 e. The van der Waals surface area contributed by atoms with E-state index in [9.17, 15) is 30.1 Å². The van der Waals surface area contributed by atoms with Gasteiger partial charge >= 0.3 is 0 Å². The van der Waals surface area contributed by atoms with Crippen LogP contribution in [-0.4, -0.2) is 31.1 Å². The lowest BCUT2D eigenvalue weighted by Gasteiger charge is -2.13. The van der Waals surface area contributed by atoms with E-state index in [1.807, 2.05) is 0 Å². The Morgan fingerprint density at radius 2 is 1.39 bits per heavy atom. The van der Waals surface area contributed by atoms with Crippen LogP contribution >= 0.6 is 23.2 Å². The lowest BCUT2D eigenvalue weighted by atomic mass is 10.0. The molecule has 0 saturated heterocycles. The molecular formula is C24H12Cl2N4O6. The maximum atomic E-state index is 13.1. The van der Waals surface area contributed by atoms with E-state index in [0.717, 1.165) is 22.8 Å². The number of aromatic hydroxyl groups is 1. The van der Waals surface area contributed by atoms with Crippen LogP contribution in [0.5, 0.6) is 5.88 Å². The first-order valence-corrected chi connectivity index (χ1v) is 11.0. The zero-order valence-electron chi connectivity index (χ0n) is 17.9. The van der Waals surface area contributed by atoms with Gasteiger partial charge in [0.1, 0.15) is 5.69 Å². The number of benzene rings is 3. The van der Waals surface area contributed by atoms with E-state index in [1.165, 1.54) is 0 Å². The molecule has 0 spiro atoms. The summed E-state index contributed by atoms with van der Waals surface area (Å²) in [4.78, 5) is 38.8. The highest BCUT2D eigenvalue weighted by molar-refractivity contribution is 6.32. The fourth-order valence-corrected chi connectivity index (χ4v) is 4.35. The standard InChI is InChI=1S/C24H12Cl2N4O6/c25-14-5-1-12(2-6-14)21-19-20(23(31)27-21)22(13-3-7-15(26)8-4-13)28(24(19)32)17-10-9-16(29(33)34)11-18(17)30(35)36/h1-11,32H. The molecule has 0 bridgehead atoms. The second-order valence-electron chi connectivity index (χ2n) is 7.72. The highest BCUT2D eigenvalue weighted by Gasteiger charge is 2.38. The fraction of sp³-hybridized carbons (Fsp3) is 0. The summed E-state index contributed by atoms with van der Waals surface area (Å²) in [6, 6.07) is 15.7. The molecule has 36 heavy (non-hydrogen) atoms. The number of carbonyl (C=O) groups excluding carboxylic acids is 1. The normalized spacial score (nSPS) is 12.4. The van der Waals surface area contributed by atoms with Gasteiger partial charge in [0.15, 0.2) is 0 Å². The monoisotopic (exact) mass is 522 g/mol. The summed E-state index contributed by atoms with van der Waals surface area (Å²) in [5.41, 5.74) is -0.0584. The van der Waals surface area contributed by atoms with Crippen LogP contribution in [0.4, 0.5) is 11.4 Å². The van der Waals surface area contributed by atoms with Gasteiger partial charge in [0.05, 0.1) is 38.4 Å². The van der Waals surface area contributed by atoms with Crippen molar-refractivity contribution < 1.29 is 19.7 Å². The van der Waals surface area contributed by atoms with Crippen molar-refractivity contribution in [1.82, 2.24) is 4.57 Å². The van der Waals surface area contributed by atoms with E-state index >= 15 is 0 Å². The van der Waals surface area contributed by atoms with Crippen LogP contribution in [0.3, 0.4) is 0 Å². The predicted molar refractivity (Wildman–Crippen MR) is 133 cm³/mol. The molecule has 1 aromatic heterocycles. The molecule has 1 amide bonds. The maximum absolute atomic E-state index is 13.1. The SMILES string of the molecule is O=C1N=C(c2ccc(Cl)cc2)c2c1c(-c1ccc(Cl)cc1)n(-c1ccc([N+](=O)[O-])cc1[N+](=O)[O-])c2O. The zero-order chi connectivity index (χ0) is 25.7. The molecule has 0 saturated carbocycles. The van der Waals surface area contributed by atoms with Crippen molar-refractivity contribution in [2.75, 3.05) is 0 Å². The summed E-state index contributed by atoms with van der Waals surface area (Å²) >= 11 is 12.0. The Kier molecular flexibility index (Phi) is 5.54. The third-order valence-corrected chi connectivity index (χ3v) is 6.16. The Hall–Kier alpha value is -4.54. The van der Waals surface area contributed by atoms with Gasteiger partial charge in [0.2, 0.25) is 5.88 Å². The van der Waals surface area contributed by atoms with Crippen molar-refractivity contribution in [2.24, 2.45) is 4.99 Å². The first-order valence-electron chi connectivity index (χ1n) is 10.2. The van der Waals surface area contributed by atoms with Gasteiger partial charge in [-0.2, -0.15) is 0 Å². The minimum atomic E-state index is -0.797. The van der Waals surface area contributed by atoms with E-state index in [2.05, 4.69) is 4.99 Å². The number of hydrogen-bond donors (Lipinski definition) is 1. The topological polar surface area (TPSA) is 141 Å². The van der Waals surface area contributed by atoms with E-state index in [4.69, 9.17) is 23.2 Å². The molecule has 0 unspecified atom stereocenters. The molecule has 10 nitrogen and oxygen atoms in total. The van der Waals surface area contributed by atoms with Crippen molar-refractivity contribution in [3.8, 4) is 22.8 Å². The summed E-state index contributed by atoms with van der Waals surface area (Å²) in [5.74, 6) is -1.16. The van der Waals surface area contributed by atoms with Crippen LogP contribution in [-0.2, 0) is 0 Å². The maximum Gasteiger partial charge on any atom is 0.300 e. The molecule has 1 aliphatic heterocycles. The zero-order valence-corrected chi connectivity index (χ0v) is 19.4. The van der Waals surface area contributed by atoms with E-state index in [1.54, 1.807) is 48.5 Å². The van der Waals surface area contributed by atoms with Crippen LogP contribution in [0, 0.1) is 20.2 Å². The predicted octanol–water partition coefficient (Wildman–Crippen LogP) is 5.96. The number of non-ortho nitro benzene ring substituents is 1. The number of nitrogens with zero attached hydrogens (tertiary/aromatic N) is 4. The second kappa shape index (κ2) is 8.59. The molecule has 0 aliphatic carbocycles. The van der Waals surface area contributed by atoms with Crippen LogP contribution in [0.15, 0.2) is 71.7 Å². The van der Waals surface area contributed by atoms with Gasteiger partial charge in [-0.1, -0.05) is 47.5 Å². The summed E-state index contributed by atoms with van der Waals surface area (Å²) < 4.78 is 1.12. The summed E-state index contributed by atoms with van der Waals surface area (Å²) in [5, 5.41) is 35.4. The number of amides is 1. The third-order valence-electron chi connectivity index (χ3n) is 5.65. The van der Waals surface area contributed by atoms with Gasteiger partial charge in [-0.3, -0.25) is 29.6 Å². The average Bonchev–Trinajstić information content (AvgIpc) is 3.34. The number of nitro benzene ring substituents is 2. The number of rotatable bonds is 5. The van der Waals surface area contributed by atoms with E-state index in [-0.39, 0.29) is 28.2 Å². The number of aromatic nitrogens is 1. The number of nitro groups is 2. The summed E-state index contributed by atoms with van der Waals surface area (Å²) in [6.45, 7) is 0. The van der Waals surface area contributed by atoms with Crippen LogP contribution in [0.1, 0.15) is 21.5 Å². The lowest BCUT2D eigenvalue weighted by molar-refractivity contribution is -0.394. The fourth-order valence-electron chi connectivity index (χ4n) is 4.10. The molecule has 0 atom stereocenters. The third kappa shape index (κ3) is 3.69. The van der Waals surface area contributed by atoms with Crippen molar-refractivity contribution in [3.05, 3.63) is 114 Å². The Bertz CT molecular complexity index is 1630. The second-order valence-corrected chi connectivity index (χ2v) is 8.60. The molecule has 3 aromatic carbocycles. The van der Waals surface area contributed by atoms with Crippen molar-refractivity contribution in [2.45, 2.75) is 0 Å². The number of aliphatic imine (C=N–C) groups is 1. The van der Waals surface area contributed by atoms with Gasteiger partial charge in [-0.15, -0.1) is 0 Å². The Morgan fingerprint density at radius 3 is 1.94 bits per heavy atom. The highest BCUT2D eigenvalue weighted by Crippen LogP contribution is 2.45. The Balaban J connectivity index is 1.85. The minimum absolute atomic E-state index is 0.0208. The molecule has 1 N–H and O–H groups in total. The molecular weight excluding hydrogens is 511 g/mol. The molecule has 4 aromatic rings. The van der Waals surface area contributed by atoms with Gasteiger partial charge < -0.3 is 5.11 Å². The number of fused-ring (bicyclic) bond motifs is 1. The van der Waals surface area contributed by atoms with E-state index < -0.39 is 33.0 Å². The molecule has 0 radical (unpaired) electrons. The smallest absolute Gasteiger partial charge is 0.300 e.